The number of nitrogens with one attached hydrogen (secondary N) is 1. The molecule has 3 aromatic rings. The lowest BCUT2D eigenvalue weighted by atomic mass is 10.1. The summed E-state index contributed by atoms with van der Waals surface area (Å²) in [5, 5.41) is 12.0. The maximum Gasteiger partial charge on any atom is 0.278 e. The first-order chi connectivity index (χ1) is 11.8. The van der Waals surface area contributed by atoms with Crippen LogP contribution in [0.2, 0.25) is 5.02 Å². The van der Waals surface area contributed by atoms with Gasteiger partial charge in [0.2, 0.25) is 0 Å². The van der Waals surface area contributed by atoms with Crippen LogP contribution < -0.4 is 5.32 Å². The van der Waals surface area contributed by atoms with Crippen molar-refractivity contribution in [2.75, 3.05) is 5.32 Å². The summed E-state index contributed by atoms with van der Waals surface area (Å²) in [4.78, 5) is 14.1. The van der Waals surface area contributed by atoms with Crippen LogP contribution in [0.1, 0.15) is 32.9 Å². The topological polar surface area (TPSA) is 59.8 Å². The number of halogens is 1. The van der Waals surface area contributed by atoms with Gasteiger partial charge in [-0.3, -0.25) is 4.79 Å². The van der Waals surface area contributed by atoms with Gasteiger partial charge in [-0.25, -0.2) is 0 Å². The largest absolute Gasteiger partial charge is 0.319 e. The van der Waals surface area contributed by atoms with Crippen molar-refractivity contribution in [2.45, 2.75) is 27.7 Å². The molecule has 3 rings (SSSR count). The fraction of sp³-hybridized carbons (Fsp3) is 0.211. The molecule has 0 atom stereocenters. The highest BCUT2D eigenvalue weighted by atomic mass is 35.5. The number of benzene rings is 2. The van der Waals surface area contributed by atoms with E-state index in [1.807, 2.05) is 39.0 Å². The highest BCUT2D eigenvalue weighted by Crippen LogP contribution is 2.23. The van der Waals surface area contributed by atoms with Gasteiger partial charge >= 0.3 is 0 Å². The second-order valence-corrected chi connectivity index (χ2v) is 6.56. The number of hydrogen-bond acceptors (Lipinski definition) is 3. The zero-order chi connectivity index (χ0) is 18.1. The second kappa shape index (κ2) is 6.69. The molecule has 6 heteroatoms. The Morgan fingerprint density at radius 1 is 1.00 bits per heavy atom. The van der Waals surface area contributed by atoms with Crippen molar-refractivity contribution in [3.63, 3.8) is 0 Å². The van der Waals surface area contributed by atoms with Crippen molar-refractivity contribution >= 4 is 23.2 Å². The Kier molecular flexibility index (Phi) is 4.59. The third kappa shape index (κ3) is 3.56. The molecule has 1 amide bonds. The van der Waals surface area contributed by atoms with Crippen molar-refractivity contribution in [1.29, 1.82) is 0 Å². The quantitative estimate of drug-likeness (QED) is 0.758. The summed E-state index contributed by atoms with van der Waals surface area (Å²) in [5.74, 6) is -0.334. The van der Waals surface area contributed by atoms with E-state index < -0.39 is 0 Å². The normalized spacial score (nSPS) is 10.8. The van der Waals surface area contributed by atoms with Gasteiger partial charge < -0.3 is 5.32 Å². The molecule has 0 radical (unpaired) electrons. The van der Waals surface area contributed by atoms with Crippen molar-refractivity contribution in [2.24, 2.45) is 0 Å². The number of aryl methyl sites for hydroxylation is 4. The van der Waals surface area contributed by atoms with Crippen molar-refractivity contribution in [3.05, 3.63) is 69.5 Å². The van der Waals surface area contributed by atoms with E-state index in [2.05, 4.69) is 21.6 Å². The summed E-state index contributed by atoms with van der Waals surface area (Å²) in [5.41, 5.74) is 5.47. The summed E-state index contributed by atoms with van der Waals surface area (Å²) >= 11 is 6.18. The lowest BCUT2D eigenvalue weighted by Crippen LogP contribution is -2.14. The van der Waals surface area contributed by atoms with Crippen LogP contribution in [0.5, 0.6) is 0 Å². The number of rotatable bonds is 3. The first-order valence-electron chi connectivity index (χ1n) is 7.94. The molecule has 1 heterocycles. The van der Waals surface area contributed by atoms with Gasteiger partial charge in [0.25, 0.3) is 5.91 Å². The lowest BCUT2D eigenvalue weighted by molar-refractivity contribution is 0.102. The predicted octanol–water partition coefficient (Wildman–Crippen LogP) is 4.41. The van der Waals surface area contributed by atoms with Crippen LogP contribution in [0.15, 0.2) is 36.4 Å². The summed E-state index contributed by atoms with van der Waals surface area (Å²) in [6, 6.07) is 11.5. The molecule has 0 saturated carbocycles. The molecule has 0 fully saturated rings. The van der Waals surface area contributed by atoms with Crippen molar-refractivity contribution in [3.8, 4) is 5.69 Å². The van der Waals surface area contributed by atoms with E-state index in [1.165, 1.54) is 4.80 Å². The molecule has 0 aliphatic rings. The van der Waals surface area contributed by atoms with Gasteiger partial charge in [0, 0.05) is 0 Å². The average Bonchev–Trinajstić information content (AvgIpc) is 2.91. The van der Waals surface area contributed by atoms with Crippen molar-refractivity contribution < 1.29 is 4.79 Å². The number of aromatic nitrogens is 3. The lowest BCUT2D eigenvalue weighted by Gasteiger charge is -2.07. The fourth-order valence-corrected chi connectivity index (χ4v) is 2.91. The molecule has 25 heavy (non-hydrogen) atoms. The Hall–Kier alpha value is -2.66. The van der Waals surface area contributed by atoms with Crippen LogP contribution in [-0.4, -0.2) is 20.9 Å². The highest BCUT2D eigenvalue weighted by Gasteiger charge is 2.18. The molecule has 0 bridgehead atoms. The van der Waals surface area contributed by atoms with E-state index in [0.717, 1.165) is 22.4 Å². The molecule has 1 N–H and O–H groups in total. The molecule has 0 spiro atoms. The van der Waals surface area contributed by atoms with Gasteiger partial charge in [-0.1, -0.05) is 35.4 Å². The van der Waals surface area contributed by atoms with E-state index in [0.29, 0.717) is 16.4 Å². The minimum absolute atomic E-state index is 0.275. The third-order valence-corrected chi connectivity index (χ3v) is 4.25. The number of carbonyl (C=O) groups excluding carboxylic acids is 1. The average molecular weight is 355 g/mol. The Bertz CT molecular complexity index is 962. The van der Waals surface area contributed by atoms with Gasteiger partial charge in [0.05, 0.1) is 22.1 Å². The monoisotopic (exact) mass is 354 g/mol. The molecule has 2 aromatic carbocycles. The van der Waals surface area contributed by atoms with Gasteiger partial charge in [-0.2, -0.15) is 9.90 Å². The molecule has 0 aliphatic carbocycles. The smallest absolute Gasteiger partial charge is 0.278 e. The van der Waals surface area contributed by atoms with Crippen LogP contribution in [0.3, 0.4) is 0 Å². The Labute approximate surface area is 151 Å². The minimum Gasteiger partial charge on any atom is -0.319 e. The first-order valence-corrected chi connectivity index (χ1v) is 8.32. The summed E-state index contributed by atoms with van der Waals surface area (Å²) < 4.78 is 0. The van der Waals surface area contributed by atoms with E-state index >= 15 is 0 Å². The van der Waals surface area contributed by atoms with Gasteiger partial charge in [0.1, 0.15) is 0 Å². The van der Waals surface area contributed by atoms with Gasteiger partial charge in [0.15, 0.2) is 5.69 Å². The molecular weight excluding hydrogens is 336 g/mol. The van der Waals surface area contributed by atoms with E-state index in [-0.39, 0.29) is 11.6 Å². The molecular formula is C19H19ClN4O. The zero-order valence-corrected chi connectivity index (χ0v) is 15.3. The zero-order valence-electron chi connectivity index (χ0n) is 14.6. The summed E-state index contributed by atoms with van der Waals surface area (Å²) in [6.45, 7) is 7.73. The van der Waals surface area contributed by atoms with E-state index in [1.54, 1.807) is 19.1 Å². The summed E-state index contributed by atoms with van der Waals surface area (Å²) in [7, 11) is 0. The number of anilines is 1. The number of nitrogens with zero attached hydrogens (tertiary/aromatic N) is 3. The Balaban J connectivity index is 1.90. The molecule has 0 unspecified atom stereocenters. The van der Waals surface area contributed by atoms with Crippen LogP contribution in [-0.2, 0) is 0 Å². The Morgan fingerprint density at radius 3 is 2.36 bits per heavy atom. The number of carbonyl (C=O) groups is 1. The molecule has 5 nitrogen and oxygen atoms in total. The number of hydrogen-bond donors (Lipinski definition) is 1. The maximum absolute atomic E-state index is 12.6. The maximum atomic E-state index is 12.6. The summed E-state index contributed by atoms with van der Waals surface area (Å²) in [6.07, 6.45) is 0. The molecule has 0 saturated heterocycles. The van der Waals surface area contributed by atoms with Crippen LogP contribution in [0, 0.1) is 27.7 Å². The van der Waals surface area contributed by atoms with Crippen molar-refractivity contribution in [1.82, 2.24) is 15.0 Å². The first kappa shape index (κ1) is 17.2. The second-order valence-electron chi connectivity index (χ2n) is 6.15. The van der Waals surface area contributed by atoms with Crippen LogP contribution in [0.25, 0.3) is 5.69 Å². The number of amides is 1. The molecule has 128 valence electrons. The van der Waals surface area contributed by atoms with Gasteiger partial charge in [-0.15, -0.1) is 5.10 Å². The Morgan fingerprint density at radius 2 is 1.68 bits per heavy atom. The SMILES string of the molecule is Cc1ccc(-n2nc(C)c(C(=O)Nc3ccc(C)cc3Cl)n2)c(C)c1. The predicted molar refractivity (Wildman–Crippen MR) is 99.7 cm³/mol. The molecule has 1 aromatic heterocycles. The molecule has 0 aliphatic heterocycles. The third-order valence-electron chi connectivity index (χ3n) is 3.94. The van der Waals surface area contributed by atoms with E-state index in [4.69, 9.17) is 11.6 Å². The van der Waals surface area contributed by atoms with E-state index in [9.17, 15) is 4.79 Å². The van der Waals surface area contributed by atoms with Gasteiger partial charge in [-0.05, 0) is 57.0 Å². The van der Waals surface area contributed by atoms with Crippen LogP contribution in [0.4, 0.5) is 5.69 Å². The fourth-order valence-electron chi connectivity index (χ4n) is 2.63. The minimum atomic E-state index is -0.334. The standard InChI is InChI=1S/C19H19ClN4O/c1-11-6-8-17(13(3)9-11)24-22-14(4)18(23-24)19(25)21-16-7-5-12(2)10-15(16)20/h5-10H,1-4H3,(H,21,25). The van der Waals surface area contributed by atoms with Crippen LogP contribution >= 0.6 is 11.6 Å². The highest BCUT2D eigenvalue weighted by molar-refractivity contribution is 6.34.